The topological polar surface area (TPSA) is 36.0 Å². The first-order valence-electron chi connectivity index (χ1n) is 9.18. The molecule has 146 valence electrons. The monoisotopic (exact) mass is 401 g/mol. The molecule has 0 N–H and O–H groups in total. The first-order valence-corrected chi connectivity index (χ1v) is 9.94. The van der Waals surface area contributed by atoms with Crippen LogP contribution >= 0.6 is 23.2 Å². The molecule has 1 aliphatic heterocycles. The third-order valence-corrected chi connectivity index (χ3v) is 5.21. The summed E-state index contributed by atoms with van der Waals surface area (Å²) in [6.07, 6.45) is 2.17. The molecule has 0 radical (unpaired) electrons. The van der Waals surface area contributed by atoms with E-state index in [1.165, 1.54) is 0 Å². The average Bonchev–Trinajstić information content (AvgIpc) is 2.61. The normalized spacial score (nSPS) is 15.8. The number of ether oxygens (including phenoxy) is 1. The number of hydrogen-bond donors (Lipinski definition) is 0. The lowest BCUT2D eigenvalue weighted by Crippen LogP contribution is -2.45. The lowest BCUT2D eigenvalue weighted by atomic mass is 10.2. The molecule has 1 amide bonds. The molecule has 0 spiro atoms. The Morgan fingerprint density at radius 3 is 2.62 bits per heavy atom. The Kier molecular flexibility index (Phi) is 8.99. The molecule has 0 aliphatic carbocycles. The van der Waals surface area contributed by atoms with E-state index in [1.807, 2.05) is 11.9 Å². The maximum atomic E-state index is 12.2. The van der Waals surface area contributed by atoms with E-state index in [4.69, 9.17) is 27.9 Å². The SMILES string of the molecule is CN1CCN(CCCN(C)C(=O)CCCOc2ccc(Cl)cc2Cl)CC1. The van der Waals surface area contributed by atoms with E-state index in [1.54, 1.807) is 18.2 Å². The summed E-state index contributed by atoms with van der Waals surface area (Å²) >= 11 is 11.9. The van der Waals surface area contributed by atoms with Gasteiger partial charge in [-0.25, -0.2) is 0 Å². The highest BCUT2D eigenvalue weighted by Gasteiger charge is 2.14. The van der Waals surface area contributed by atoms with Crippen molar-refractivity contribution in [2.45, 2.75) is 19.3 Å². The predicted molar refractivity (Wildman–Crippen MR) is 107 cm³/mol. The van der Waals surface area contributed by atoms with Crippen LogP contribution in [0.5, 0.6) is 5.75 Å². The van der Waals surface area contributed by atoms with Crippen LogP contribution in [0.2, 0.25) is 10.0 Å². The lowest BCUT2D eigenvalue weighted by Gasteiger charge is -2.32. The van der Waals surface area contributed by atoms with Crippen LogP contribution in [0.15, 0.2) is 18.2 Å². The fourth-order valence-electron chi connectivity index (χ4n) is 2.92. The van der Waals surface area contributed by atoms with Gasteiger partial charge in [0.15, 0.2) is 0 Å². The van der Waals surface area contributed by atoms with E-state index in [9.17, 15) is 4.79 Å². The smallest absolute Gasteiger partial charge is 0.222 e. The molecule has 0 saturated carbocycles. The summed E-state index contributed by atoms with van der Waals surface area (Å²) in [7, 11) is 4.04. The minimum absolute atomic E-state index is 0.161. The average molecular weight is 402 g/mol. The van der Waals surface area contributed by atoms with Crippen molar-refractivity contribution in [3.63, 3.8) is 0 Å². The Balaban J connectivity index is 1.57. The molecular formula is C19H29Cl2N3O2. The van der Waals surface area contributed by atoms with Crippen LogP contribution in [0.3, 0.4) is 0 Å². The van der Waals surface area contributed by atoms with Gasteiger partial charge in [-0.2, -0.15) is 0 Å². The van der Waals surface area contributed by atoms with Crippen LogP contribution in [0, 0.1) is 0 Å². The van der Waals surface area contributed by atoms with Gasteiger partial charge in [-0.05, 0) is 44.6 Å². The molecule has 0 aromatic heterocycles. The Hall–Kier alpha value is -1.01. The first-order chi connectivity index (χ1) is 12.5. The number of halogens is 2. The molecular weight excluding hydrogens is 373 g/mol. The second kappa shape index (κ2) is 11.0. The van der Waals surface area contributed by atoms with Crippen molar-refractivity contribution in [1.29, 1.82) is 0 Å². The minimum Gasteiger partial charge on any atom is -0.492 e. The van der Waals surface area contributed by atoms with E-state index in [0.717, 1.165) is 45.7 Å². The number of nitrogens with zero attached hydrogens (tertiary/aromatic N) is 3. The van der Waals surface area contributed by atoms with Gasteiger partial charge in [0.2, 0.25) is 5.91 Å². The highest BCUT2D eigenvalue weighted by molar-refractivity contribution is 6.35. The highest BCUT2D eigenvalue weighted by Crippen LogP contribution is 2.27. The van der Waals surface area contributed by atoms with Crippen LogP contribution in [-0.4, -0.2) is 80.6 Å². The third-order valence-electron chi connectivity index (χ3n) is 4.68. The Morgan fingerprint density at radius 2 is 1.92 bits per heavy atom. The molecule has 1 aliphatic rings. The summed E-state index contributed by atoms with van der Waals surface area (Å²) < 4.78 is 5.62. The van der Waals surface area contributed by atoms with Crippen LogP contribution in [0.4, 0.5) is 0 Å². The van der Waals surface area contributed by atoms with E-state index >= 15 is 0 Å². The molecule has 7 heteroatoms. The molecule has 0 atom stereocenters. The number of hydrogen-bond acceptors (Lipinski definition) is 4. The standard InChI is InChI=1S/C19H29Cl2N3O2/c1-22-10-12-24(13-11-22)9-4-8-23(2)19(25)5-3-14-26-18-7-6-16(20)15-17(18)21/h6-7,15H,3-5,8-14H2,1-2H3. The largest absolute Gasteiger partial charge is 0.492 e. The lowest BCUT2D eigenvalue weighted by molar-refractivity contribution is -0.130. The number of carbonyl (C=O) groups is 1. The number of likely N-dealkylation sites (N-methyl/N-ethyl adjacent to an activating group) is 1. The van der Waals surface area contributed by atoms with Crippen molar-refractivity contribution in [2.24, 2.45) is 0 Å². The van der Waals surface area contributed by atoms with Gasteiger partial charge in [0.05, 0.1) is 11.6 Å². The molecule has 1 heterocycles. The second-order valence-corrected chi connectivity index (χ2v) is 7.68. The zero-order valence-electron chi connectivity index (χ0n) is 15.7. The Morgan fingerprint density at radius 1 is 1.19 bits per heavy atom. The van der Waals surface area contributed by atoms with Gasteiger partial charge in [-0.15, -0.1) is 0 Å². The van der Waals surface area contributed by atoms with Gasteiger partial charge in [-0.3, -0.25) is 4.79 Å². The number of rotatable bonds is 9. The molecule has 5 nitrogen and oxygen atoms in total. The summed E-state index contributed by atoms with van der Waals surface area (Å²) in [5, 5.41) is 1.07. The van der Waals surface area contributed by atoms with E-state index in [-0.39, 0.29) is 5.91 Å². The summed E-state index contributed by atoms with van der Waals surface area (Å²) in [4.78, 5) is 18.8. The number of carbonyl (C=O) groups excluding carboxylic acids is 1. The molecule has 2 rings (SSSR count). The minimum atomic E-state index is 0.161. The molecule has 1 aromatic carbocycles. The fourth-order valence-corrected chi connectivity index (χ4v) is 3.38. The zero-order valence-corrected chi connectivity index (χ0v) is 17.2. The summed E-state index contributed by atoms with van der Waals surface area (Å²) in [6.45, 7) is 6.83. The van der Waals surface area contributed by atoms with Crippen molar-refractivity contribution < 1.29 is 9.53 Å². The van der Waals surface area contributed by atoms with Crippen LogP contribution in [0.1, 0.15) is 19.3 Å². The van der Waals surface area contributed by atoms with Crippen molar-refractivity contribution in [2.75, 3.05) is 60.0 Å². The van der Waals surface area contributed by atoms with Crippen LogP contribution < -0.4 is 4.74 Å². The van der Waals surface area contributed by atoms with Gasteiger partial charge in [0.25, 0.3) is 0 Å². The Bertz CT molecular complexity index is 578. The van der Waals surface area contributed by atoms with Crippen LogP contribution in [0.25, 0.3) is 0 Å². The zero-order chi connectivity index (χ0) is 18.9. The third kappa shape index (κ3) is 7.31. The van der Waals surface area contributed by atoms with Gasteiger partial charge in [0, 0.05) is 51.2 Å². The van der Waals surface area contributed by atoms with E-state index < -0.39 is 0 Å². The van der Waals surface area contributed by atoms with Crippen molar-refractivity contribution in [1.82, 2.24) is 14.7 Å². The predicted octanol–water partition coefficient (Wildman–Crippen LogP) is 3.25. The molecule has 1 aromatic rings. The number of benzene rings is 1. The van der Waals surface area contributed by atoms with Crippen molar-refractivity contribution >= 4 is 29.1 Å². The number of amides is 1. The molecule has 0 bridgehead atoms. The maximum Gasteiger partial charge on any atom is 0.222 e. The summed E-state index contributed by atoms with van der Waals surface area (Å²) in [5.74, 6) is 0.762. The van der Waals surface area contributed by atoms with E-state index in [0.29, 0.717) is 35.2 Å². The molecule has 0 unspecified atom stereocenters. The van der Waals surface area contributed by atoms with Gasteiger partial charge < -0.3 is 19.4 Å². The quantitative estimate of drug-likeness (QED) is 0.595. The first kappa shape index (κ1) is 21.3. The second-order valence-electron chi connectivity index (χ2n) is 6.84. The molecule has 1 fully saturated rings. The van der Waals surface area contributed by atoms with Crippen molar-refractivity contribution in [3.05, 3.63) is 28.2 Å². The fraction of sp³-hybridized carbons (Fsp3) is 0.632. The van der Waals surface area contributed by atoms with Gasteiger partial charge >= 0.3 is 0 Å². The highest BCUT2D eigenvalue weighted by atomic mass is 35.5. The van der Waals surface area contributed by atoms with Crippen molar-refractivity contribution in [3.8, 4) is 5.75 Å². The molecule has 1 saturated heterocycles. The van der Waals surface area contributed by atoms with Crippen LogP contribution in [-0.2, 0) is 4.79 Å². The Labute approximate surface area is 166 Å². The van der Waals surface area contributed by atoms with Gasteiger partial charge in [0.1, 0.15) is 5.75 Å². The summed E-state index contributed by atoms with van der Waals surface area (Å²) in [6, 6.07) is 5.14. The summed E-state index contributed by atoms with van der Waals surface area (Å²) in [5.41, 5.74) is 0. The molecule has 26 heavy (non-hydrogen) atoms. The maximum absolute atomic E-state index is 12.2. The van der Waals surface area contributed by atoms with E-state index in [2.05, 4.69) is 16.8 Å². The van der Waals surface area contributed by atoms with Gasteiger partial charge in [-0.1, -0.05) is 23.2 Å². The number of piperazine rings is 1.